The first-order chi connectivity index (χ1) is 8.79. The third-order valence-corrected chi connectivity index (χ3v) is 3.19. The number of rotatable bonds is 0. The van der Waals surface area contributed by atoms with E-state index in [1.165, 1.54) is 38.8 Å². The van der Waals surface area contributed by atoms with Gasteiger partial charge in [-0.15, -0.1) is 13.1 Å². The van der Waals surface area contributed by atoms with Gasteiger partial charge in [-0.3, -0.25) is 0 Å². The molecule has 0 aromatic heterocycles. The fraction of sp³-hybridized carbons (Fsp3) is 1.00. The molecule has 0 amide bonds. The molecule has 2 aliphatic rings. The van der Waals surface area contributed by atoms with Gasteiger partial charge in [0, 0.05) is 0 Å². The molecule has 0 aliphatic carbocycles. The van der Waals surface area contributed by atoms with Crippen molar-refractivity contribution in [3.8, 4) is 0 Å². The summed E-state index contributed by atoms with van der Waals surface area (Å²) in [6, 6.07) is 0. The van der Waals surface area contributed by atoms with E-state index in [9.17, 15) is 0 Å². The zero-order valence-corrected chi connectivity index (χ0v) is 19.7. The number of nitrogens with zero attached hydrogens (tertiary/aromatic N) is 1. The van der Waals surface area contributed by atoms with Crippen LogP contribution >= 0.6 is 0 Å². The summed E-state index contributed by atoms with van der Waals surface area (Å²) in [6.07, 6.45) is 5.39. The molecule has 0 bridgehead atoms. The van der Waals surface area contributed by atoms with Gasteiger partial charge in [0.05, 0.1) is 0 Å². The topological polar surface area (TPSA) is 26.1 Å². The van der Waals surface area contributed by atoms with Crippen LogP contribution in [0, 0.1) is 11.8 Å². The van der Waals surface area contributed by atoms with E-state index in [2.05, 4.69) is 24.5 Å². The summed E-state index contributed by atoms with van der Waals surface area (Å²) in [5.74, 6) is 1.92. The molecule has 0 saturated carbocycles. The Morgan fingerprint density at radius 1 is 0.737 bits per heavy atom. The maximum atomic E-state index is 4.23. The van der Waals surface area contributed by atoms with Crippen molar-refractivity contribution < 1.29 is 58.2 Å². The Morgan fingerprint density at radius 3 is 1.32 bits per heavy atom. The molecule has 112 valence electrons. The van der Waals surface area contributed by atoms with Crippen molar-refractivity contribution in [2.75, 3.05) is 26.2 Å². The van der Waals surface area contributed by atoms with Gasteiger partial charge in [-0.05, 0) is 37.8 Å². The first kappa shape index (κ1) is 25.7. The molecule has 0 unspecified atom stereocenters. The van der Waals surface area contributed by atoms with Crippen molar-refractivity contribution in [1.29, 1.82) is 0 Å². The summed E-state index contributed by atoms with van der Waals surface area (Å²) in [5.41, 5.74) is 0. The Balaban J connectivity index is -0.000000205. The van der Waals surface area contributed by atoms with Crippen molar-refractivity contribution >= 4 is 0 Å². The molecule has 19 heavy (non-hydrogen) atoms. The zero-order chi connectivity index (χ0) is 14.2. The van der Waals surface area contributed by atoms with Crippen LogP contribution in [-0.4, -0.2) is 26.2 Å². The fourth-order valence-corrected chi connectivity index (χ4v) is 1.85. The van der Waals surface area contributed by atoms with Crippen LogP contribution in [0.15, 0.2) is 0 Å². The largest absolute Gasteiger partial charge is 1.00 e. The molecule has 2 rings (SSSR count). The quantitative estimate of drug-likeness (QED) is 0.714. The predicted molar refractivity (Wildman–Crippen MR) is 85.5 cm³/mol. The van der Waals surface area contributed by atoms with Gasteiger partial charge in [-0.25, -0.2) is 0 Å². The van der Waals surface area contributed by atoms with E-state index in [0.717, 1.165) is 24.9 Å². The van der Waals surface area contributed by atoms with E-state index < -0.39 is 0 Å². The van der Waals surface area contributed by atoms with Crippen molar-refractivity contribution in [1.82, 2.24) is 5.32 Å². The van der Waals surface area contributed by atoms with E-state index in [-0.39, 0.29) is 58.2 Å². The van der Waals surface area contributed by atoms with Crippen LogP contribution in [0.25, 0.3) is 5.32 Å². The van der Waals surface area contributed by atoms with Crippen LogP contribution in [0.1, 0.15) is 67.2 Å². The second-order valence-corrected chi connectivity index (χ2v) is 4.79. The molecule has 1 N–H and O–H groups in total. The maximum absolute atomic E-state index is 4.23. The van der Waals surface area contributed by atoms with Crippen LogP contribution in [0.5, 0.6) is 0 Å². The third-order valence-electron chi connectivity index (χ3n) is 3.19. The van der Waals surface area contributed by atoms with Crippen molar-refractivity contribution in [3.63, 3.8) is 0 Å². The normalized spacial score (nSPS) is 19.3. The molecule has 2 aliphatic heterocycles. The Morgan fingerprint density at radius 2 is 1.11 bits per heavy atom. The molecule has 0 aromatic carbocycles. The Kier molecular flexibility index (Phi) is 29.7. The SMILES string of the molecule is CC.CC.CC1CCNCC1.CC1CC[N-]CC1.[Rb+]. The van der Waals surface area contributed by atoms with Gasteiger partial charge in [-0.2, -0.15) is 0 Å². The minimum absolute atomic E-state index is 0. The third kappa shape index (κ3) is 19.7. The molecule has 2 fully saturated rings. The number of hydrogen-bond donors (Lipinski definition) is 1. The smallest absolute Gasteiger partial charge is 0.662 e. The first-order valence-electron chi connectivity index (χ1n) is 8.13. The van der Waals surface area contributed by atoms with Crippen LogP contribution in [0.4, 0.5) is 0 Å². The van der Waals surface area contributed by atoms with E-state index >= 15 is 0 Å². The van der Waals surface area contributed by atoms with Gasteiger partial charge in [0.1, 0.15) is 0 Å². The summed E-state index contributed by atoms with van der Waals surface area (Å²) in [6.45, 7) is 17.3. The Hall–Kier alpha value is 1.73. The Labute approximate surface area is 172 Å². The first-order valence-corrected chi connectivity index (χ1v) is 8.13. The van der Waals surface area contributed by atoms with Gasteiger partial charge in [0.15, 0.2) is 0 Å². The maximum Gasteiger partial charge on any atom is 1.00 e. The molecule has 2 heterocycles. The standard InChI is InChI=1S/C6H13N.C6H12N.2C2H6.Rb/c2*1-6-2-4-7-5-3-6;2*1-2;/h6-7H,2-5H2,1H3;6H,2-5H2,1H3;2*1-2H3;/q;-1;;;+1. The minimum Gasteiger partial charge on any atom is -0.662 e. The van der Waals surface area contributed by atoms with Crippen molar-refractivity contribution in [2.24, 2.45) is 11.8 Å². The summed E-state index contributed by atoms with van der Waals surface area (Å²) in [7, 11) is 0. The molecular weight excluding hydrogens is 306 g/mol. The molecule has 2 nitrogen and oxygen atoms in total. The van der Waals surface area contributed by atoms with Crippen LogP contribution in [-0.2, 0) is 0 Å². The van der Waals surface area contributed by atoms with Crippen LogP contribution < -0.4 is 63.5 Å². The summed E-state index contributed by atoms with van der Waals surface area (Å²) >= 11 is 0. The molecule has 0 aromatic rings. The summed E-state index contributed by atoms with van der Waals surface area (Å²) in [5, 5.41) is 7.54. The number of piperidine rings is 2. The van der Waals surface area contributed by atoms with Gasteiger partial charge >= 0.3 is 58.2 Å². The number of hydrogen-bond acceptors (Lipinski definition) is 1. The van der Waals surface area contributed by atoms with E-state index in [1.54, 1.807) is 0 Å². The molecule has 0 radical (unpaired) electrons. The van der Waals surface area contributed by atoms with Gasteiger partial charge in [-0.1, -0.05) is 54.4 Å². The Bertz CT molecular complexity index is 115. The summed E-state index contributed by atoms with van der Waals surface area (Å²) in [4.78, 5) is 0. The fourth-order valence-electron chi connectivity index (χ4n) is 1.85. The average Bonchev–Trinajstić information content (AvgIpc) is 2.46. The van der Waals surface area contributed by atoms with Crippen molar-refractivity contribution in [3.05, 3.63) is 5.32 Å². The second-order valence-electron chi connectivity index (χ2n) is 4.79. The molecule has 3 heteroatoms. The zero-order valence-electron chi connectivity index (χ0n) is 14.8. The van der Waals surface area contributed by atoms with E-state index in [1.807, 2.05) is 27.7 Å². The molecule has 0 atom stereocenters. The second kappa shape index (κ2) is 22.0. The molecule has 0 spiro atoms. The van der Waals surface area contributed by atoms with Crippen molar-refractivity contribution in [2.45, 2.75) is 67.2 Å². The van der Waals surface area contributed by atoms with Crippen LogP contribution in [0.2, 0.25) is 0 Å². The average molecular weight is 343 g/mol. The monoisotopic (exact) mass is 342 g/mol. The van der Waals surface area contributed by atoms with Gasteiger partial charge < -0.3 is 10.6 Å². The van der Waals surface area contributed by atoms with Crippen LogP contribution in [0.3, 0.4) is 0 Å². The number of nitrogens with one attached hydrogen (secondary N) is 1. The van der Waals surface area contributed by atoms with E-state index in [0.29, 0.717) is 0 Å². The van der Waals surface area contributed by atoms with Gasteiger partial charge in [0.25, 0.3) is 0 Å². The molecule has 2 saturated heterocycles. The van der Waals surface area contributed by atoms with E-state index in [4.69, 9.17) is 0 Å². The predicted octanol–water partition coefficient (Wildman–Crippen LogP) is 1.85. The minimum atomic E-state index is 0. The molecular formula is C16H37N2Rb. The van der Waals surface area contributed by atoms with Gasteiger partial charge in [0.2, 0.25) is 0 Å². The summed E-state index contributed by atoms with van der Waals surface area (Å²) < 4.78 is 0.